The minimum Gasteiger partial charge on any atom is -0.478 e. The first-order valence-electron chi connectivity index (χ1n) is 5.43. The number of nitrogen functional groups attached to an aromatic ring is 1. The summed E-state index contributed by atoms with van der Waals surface area (Å²) in [5.74, 6) is -2.81. The lowest BCUT2D eigenvalue weighted by atomic mass is 10.1. The third-order valence-corrected chi connectivity index (χ3v) is 2.86. The molecule has 0 amide bonds. The smallest absolute Gasteiger partial charge is 0.335 e. The average Bonchev–Trinajstić information content (AvgIpc) is 2.34. The molecule has 0 fully saturated rings. The van der Waals surface area contributed by atoms with Gasteiger partial charge in [-0.15, -0.1) is 0 Å². The zero-order valence-corrected chi connectivity index (χ0v) is 10.7. The van der Waals surface area contributed by atoms with Gasteiger partial charge in [0.1, 0.15) is 5.82 Å². The van der Waals surface area contributed by atoms with Crippen LogP contribution in [0.15, 0.2) is 30.3 Å². The predicted molar refractivity (Wildman–Crippen MR) is 72.5 cm³/mol. The van der Waals surface area contributed by atoms with E-state index in [4.69, 9.17) is 22.4 Å². The third-order valence-electron chi connectivity index (χ3n) is 2.57. The molecule has 4 nitrogen and oxygen atoms in total. The zero-order valence-electron chi connectivity index (χ0n) is 9.95. The van der Waals surface area contributed by atoms with E-state index in [1.807, 2.05) is 0 Å². The summed E-state index contributed by atoms with van der Waals surface area (Å²) in [6.45, 7) is 0. The number of carboxylic acid groups (broad SMARTS) is 1. The van der Waals surface area contributed by atoms with Gasteiger partial charge >= 0.3 is 5.97 Å². The molecule has 0 saturated carbocycles. The van der Waals surface area contributed by atoms with Crippen molar-refractivity contribution >= 4 is 34.6 Å². The van der Waals surface area contributed by atoms with Crippen LogP contribution in [0.1, 0.15) is 10.4 Å². The van der Waals surface area contributed by atoms with Crippen molar-refractivity contribution in [3.8, 4) is 0 Å². The fraction of sp³-hybridized carbons (Fsp3) is 0. The number of hydrogen-bond acceptors (Lipinski definition) is 3. The molecule has 0 atom stereocenters. The maximum Gasteiger partial charge on any atom is 0.335 e. The number of carboxylic acids is 1. The Balaban J connectivity index is 2.38. The normalized spacial score (nSPS) is 10.3. The van der Waals surface area contributed by atoms with Gasteiger partial charge in [0.05, 0.1) is 27.6 Å². The molecule has 0 unspecified atom stereocenters. The summed E-state index contributed by atoms with van der Waals surface area (Å²) in [6, 6.07) is 5.53. The molecule has 0 radical (unpaired) electrons. The first-order valence-corrected chi connectivity index (χ1v) is 5.80. The van der Waals surface area contributed by atoms with Crippen molar-refractivity contribution in [2.24, 2.45) is 0 Å². The number of halogens is 3. The Kier molecular flexibility index (Phi) is 3.76. The van der Waals surface area contributed by atoms with Crippen LogP contribution >= 0.6 is 11.6 Å². The molecule has 20 heavy (non-hydrogen) atoms. The predicted octanol–water partition coefficient (Wildman–Crippen LogP) is 3.64. The van der Waals surface area contributed by atoms with E-state index in [-0.39, 0.29) is 27.6 Å². The molecular formula is C13H9ClF2N2O2. The molecule has 0 bridgehead atoms. The Labute approximate surface area is 117 Å². The molecule has 7 heteroatoms. The Bertz CT molecular complexity index is 669. The van der Waals surface area contributed by atoms with Crippen molar-refractivity contribution < 1.29 is 18.7 Å². The minimum absolute atomic E-state index is 0.00118. The topological polar surface area (TPSA) is 75.4 Å². The standard InChI is InChI=1S/C13H9ClF2N2O2/c14-8-4-7(15)5-9(16)12(8)18-11-2-1-6(13(19)20)3-10(11)17/h1-5,18H,17H2,(H,19,20). The lowest BCUT2D eigenvalue weighted by molar-refractivity contribution is 0.0697. The molecule has 0 aromatic heterocycles. The van der Waals surface area contributed by atoms with Crippen molar-refractivity contribution in [1.82, 2.24) is 0 Å². The summed E-state index contributed by atoms with van der Waals surface area (Å²) in [5, 5.41) is 11.3. The highest BCUT2D eigenvalue weighted by Gasteiger charge is 2.12. The zero-order chi connectivity index (χ0) is 14.9. The monoisotopic (exact) mass is 298 g/mol. The number of anilines is 3. The summed E-state index contributed by atoms with van der Waals surface area (Å²) in [6.07, 6.45) is 0. The molecule has 4 N–H and O–H groups in total. The molecule has 0 aliphatic heterocycles. The van der Waals surface area contributed by atoms with Crippen LogP contribution in [0, 0.1) is 11.6 Å². The average molecular weight is 299 g/mol. The third kappa shape index (κ3) is 2.80. The summed E-state index contributed by atoms with van der Waals surface area (Å²) in [5.41, 5.74) is 5.90. The fourth-order valence-electron chi connectivity index (χ4n) is 1.61. The number of aromatic carboxylic acids is 1. The number of carbonyl (C=O) groups is 1. The van der Waals surface area contributed by atoms with Gasteiger partial charge in [0.2, 0.25) is 0 Å². The highest BCUT2D eigenvalue weighted by Crippen LogP contribution is 2.31. The van der Waals surface area contributed by atoms with E-state index in [0.29, 0.717) is 6.07 Å². The largest absolute Gasteiger partial charge is 0.478 e. The van der Waals surface area contributed by atoms with E-state index in [1.165, 1.54) is 18.2 Å². The quantitative estimate of drug-likeness (QED) is 0.756. The lowest BCUT2D eigenvalue weighted by Crippen LogP contribution is -2.03. The van der Waals surface area contributed by atoms with Gasteiger partial charge in [-0.3, -0.25) is 0 Å². The maximum atomic E-state index is 13.6. The van der Waals surface area contributed by atoms with Crippen LogP contribution in [0.2, 0.25) is 5.02 Å². The Morgan fingerprint density at radius 2 is 1.95 bits per heavy atom. The number of benzene rings is 2. The number of nitrogens with two attached hydrogens (primary N) is 1. The summed E-state index contributed by atoms with van der Waals surface area (Å²) in [7, 11) is 0. The summed E-state index contributed by atoms with van der Waals surface area (Å²) in [4.78, 5) is 10.8. The SMILES string of the molecule is Nc1cc(C(=O)O)ccc1Nc1c(F)cc(F)cc1Cl. The van der Waals surface area contributed by atoms with Gasteiger partial charge in [0, 0.05) is 6.07 Å². The minimum atomic E-state index is -1.13. The molecule has 0 aliphatic rings. The van der Waals surface area contributed by atoms with E-state index in [0.717, 1.165) is 6.07 Å². The summed E-state index contributed by atoms with van der Waals surface area (Å²) < 4.78 is 26.5. The molecule has 0 saturated heterocycles. The van der Waals surface area contributed by atoms with E-state index in [9.17, 15) is 13.6 Å². The summed E-state index contributed by atoms with van der Waals surface area (Å²) >= 11 is 5.74. The second kappa shape index (κ2) is 5.34. The molecule has 0 aliphatic carbocycles. The molecule has 2 aromatic rings. The van der Waals surface area contributed by atoms with Gasteiger partial charge in [-0.25, -0.2) is 13.6 Å². The highest BCUT2D eigenvalue weighted by molar-refractivity contribution is 6.33. The molecule has 0 spiro atoms. The molecule has 2 aromatic carbocycles. The molecule has 2 rings (SSSR count). The van der Waals surface area contributed by atoms with Crippen molar-refractivity contribution in [2.75, 3.05) is 11.1 Å². The van der Waals surface area contributed by atoms with Crippen molar-refractivity contribution in [3.05, 3.63) is 52.6 Å². The first-order chi connectivity index (χ1) is 9.38. The van der Waals surface area contributed by atoms with Crippen molar-refractivity contribution in [1.29, 1.82) is 0 Å². The van der Waals surface area contributed by atoms with E-state index >= 15 is 0 Å². The Hall–Kier alpha value is -2.34. The lowest BCUT2D eigenvalue weighted by Gasteiger charge is -2.12. The molecular weight excluding hydrogens is 290 g/mol. The second-order valence-corrected chi connectivity index (χ2v) is 4.38. The number of nitrogens with one attached hydrogen (secondary N) is 1. The number of hydrogen-bond donors (Lipinski definition) is 3. The van der Waals surface area contributed by atoms with Crippen molar-refractivity contribution in [3.63, 3.8) is 0 Å². The van der Waals surface area contributed by atoms with Gasteiger partial charge in [-0.2, -0.15) is 0 Å². The Morgan fingerprint density at radius 1 is 1.25 bits per heavy atom. The van der Waals surface area contributed by atoms with E-state index in [2.05, 4.69) is 5.32 Å². The van der Waals surface area contributed by atoms with Crippen LogP contribution in [0.4, 0.5) is 25.8 Å². The van der Waals surface area contributed by atoms with Gasteiger partial charge in [0.15, 0.2) is 5.82 Å². The highest BCUT2D eigenvalue weighted by atomic mass is 35.5. The van der Waals surface area contributed by atoms with Crippen LogP contribution in [-0.2, 0) is 0 Å². The first kappa shape index (κ1) is 14.1. The van der Waals surface area contributed by atoms with Gasteiger partial charge in [0.25, 0.3) is 0 Å². The van der Waals surface area contributed by atoms with E-state index < -0.39 is 17.6 Å². The maximum absolute atomic E-state index is 13.6. The van der Waals surface area contributed by atoms with Crippen LogP contribution in [0.5, 0.6) is 0 Å². The fourth-order valence-corrected chi connectivity index (χ4v) is 1.85. The van der Waals surface area contributed by atoms with Crippen LogP contribution in [0.25, 0.3) is 0 Å². The van der Waals surface area contributed by atoms with Crippen LogP contribution in [-0.4, -0.2) is 11.1 Å². The van der Waals surface area contributed by atoms with E-state index in [1.54, 1.807) is 0 Å². The van der Waals surface area contributed by atoms with Crippen LogP contribution in [0.3, 0.4) is 0 Å². The van der Waals surface area contributed by atoms with Crippen molar-refractivity contribution in [2.45, 2.75) is 0 Å². The van der Waals surface area contributed by atoms with Gasteiger partial charge < -0.3 is 16.2 Å². The molecule has 104 valence electrons. The Morgan fingerprint density at radius 3 is 2.50 bits per heavy atom. The second-order valence-electron chi connectivity index (χ2n) is 3.98. The van der Waals surface area contributed by atoms with Gasteiger partial charge in [-0.1, -0.05) is 11.6 Å². The van der Waals surface area contributed by atoms with Crippen LogP contribution < -0.4 is 11.1 Å². The number of rotatable bonds is 3. The van der Waals surface area contributed by atoms with Gasteiger partial charge in [-0.05, 0) is 24.3 Å². The molecule has 0 heterocycles.